The van der Waals surface area contributed by atoms with E-state index in [9.17, 15) is 9.59 Å². The molecule has 0 saturated carbocycles. The normalized spacial score (nSPS) is 19.5. The first-order chi connectivity index (χ1) is 11.2. The predicted octanol–water partition coefficient (Wildman–Crippen LogP) is 2.79. The van der Waals surface area contributed by atoms with Crippen molar-refractivity contribution in [3.05, 3.63) is 25.3 Å². The van der Waals surface area contributed by atoms with E-state index >= 15 is 0 Å². The summed E-state index contributed by atoms with van der Waals surface area (Å²) in [6, 6.07) is 0. The standard InChI is InChI=1S/C18H29NO5/c1-7-12-22-15(20)14(16(21)23-13-8-2)24-19-17(3,4)10-9-11-18(19,5)6/h7-8,14H,1-2,9-13H2,3-6H3. The van der Waals surface area contributed by atoms with Gasteiger partial charge in [-0.05, 0) is 47.0 Å². The average Bonchev–Trinajstić information content (AvgIpc) is 2.49. The van der Waals surface area contributed by atoms with Crippen molar-refractivity contribution >= 4 is 11.9 Å². The first-order valence-corrected chi connectivity index (χ1v) is 8.18. The lowest BCUT2D eigenvalue weighted by atomic mass is 9.82. The predicted molar refractivity (Wildman–Crippen MR) is 91.0 cm³/mol. The zero-order valence-corrected chi connectivity index (χ0v) is 15.2. The summed E-state index contributed by atoms with van der Waals surface area (Å²) in [5, 5.41) is 1.73. The molecule has 0 bridgehead atoms. The number of piperidine rings is 1. The molecule has 0 radical (unpaired) electrons. The Morgan fingerprint density at radius 3 is 1.79 bits per heavy atom. The second-order valence-corrected chi connectivity index (χ2v) is 7.10. The summed E-state index contributed by atoms with van der Waals surface area (Å²) in [5.74, 6) is -1.58. The quantitative estimate of drug-likeness (QED) is 0.385. The van der Waals surface area contributed by atoms with Crippen LogP contribution >= 0.6 is 0 Å². The first-order valence-electron chi connectivity index (χ1n) is 8.18. The van der Waals surface area contributed by atoms with Crippen LogP contribution < -0.4 is 0 Å². The maximum Gasteiger partial charge on any atom is 0.349 e. The Labute approximate surface area is 144 Å². The van der Waals surface area contributed by atoms with Crippen molar-refractivity contribution in [2.45, 2.75) is 64.1 Å². The van der Waals surface area contributed by atoms with Crippen LogP contribution in [0.2, 0.25) is 0 Å². The largest absolute Gasteiger partial charge is 0.459 e. The molecule has 1 aliphatic heterocycles. The summed E-state index contributed by atoms with van der Waals surface area (Å²) in [7, 11) is 0. The number of nitrogens with zero attached hydrogens (tertiary/aromatic N) is 1. The maximum absolute atomic E-state index is 12.3. The van der Waals surface area contributed by atoms with Gasteiger partial charge in [-0.3, -0.25) is 4.84 Å². The third kappa shape index (κ3) is 5.18. The highest BCUT2D eigenvalue weighted by molar-refractivity contribution is 5.98. The van der Waals surface area contributed by atoms with Gasteiger partial charge in [-0.15, -0.1) is 0 Å². The highest BCUT2D eigenvalue weighted by Crippen LogP contribution is 2.38. The van der Waals surface area contributed by atoms with Crippen LogP contribution in [-0.2, 0) is 23.9 Å². The SMILES string of the molecule is C=CCOC(=O)C(ON1C(C)(C)CCCC1(C)C)C(=O)OCC=C. The molecule has 1 heterocycles. The van der Waals surface area contributed by atoms with Crippen LogP contribution in [0, 0.1) is 0 Å². The number of carbonyl (C=O) groups is 2. The van der Waals surface area contributed by atoms with Gasteiger partial charge in [0.1, 0.15) is 13.2 Å². The van der Waals surface area contributed by atoms with E-state index in [1.54, 1.807) is 5.06 Å². The molecule has 1 aliphatic rings. The molecule has 0 unspecified atom stereocenters. The van der Waals surface area contributed by atoms with E-state index in [1.807, 2.05) is 27.7 Å². The summed E-state index contributed by atoms with van der Waals surface area (Å²) in [6.45, 7) is 15.1. The number of hydrogen-bond donors (Lipinski definition) is 0. The molecule has 0 amide bonds. The highest BCUT2D eigenvalue weighted by atomic mass is 16.7. The van der Waals surface area contributed by atoms with Gasteiger partial charge in [0.2, 0.25) is 0 Å². The third-order valence-corrected chi connectivity index (χ3v) is 4.00. The summed E-state index contributed by atoms with van der Waals surface area (Å²) in [4.78, 5) is 30.4. The van der Waals surface area contributed by atoms with E-state index in [0.717, 1.165) is 19.3 Å². The van der Waals surface area contributed by atoms with Crippen molar-refractivity contribution < 1.29 is 23.9 Å². The van der Waals surface area contributed by atoms with E-state index in [0.29, 0.717) is 0 Å². The van der Waals surface area contributed by atoms with E-state index in [1.165, 1.54) is 12.2 Å². The Kier molecular flexibility index (Phi) is 7.17. The molecule has 24 heavy (non-hydrogen) atoms. The fraction of sp³-hybridized carbons (Fsp3) is 0.667. The van der Waals surface area contributed by atoms with Crippen LogP contribution in [-0.4, -0.2) is 47.4 Å². The molecule has 0 aromatic rings. The van der Waals surface area contributed by atoms with Gasteiger partial charge in [-0.25, -0.2) is 9.59 Å². The minimum atomic E-state index is -1.47. The Morgan fingerprint density at radius 1 is 1.00 bits per heavy atom. The molecule has 6 heteroatoms. The molecule has 1 fully saturated rings. The van der Waals surface area contributed by atoms with Crippen LogP contribution in [0.3, 0.4) is 0 Å². The fourth-order valence-corrected chi connectivity index (χ4v) is 2.98. The van der Waals surface area contributed by atoms with Crippen molar-refractivity contribution in [1.29, 1.82) is 0 Å². The number of carbonyl (C=O) groups excluding carboxylic acids is 2. The van der Waals surface area contributed by atoms with E-state index in [-0.39, 0.29) is 24.3 Å². The van der Waals surface area contributed by atoms with Crippen molar-refractivity contribution in [2.75, 3.05) is 13.2 Å². The molecule has 0 atom stereocenters. The van der Waals surface area contributed by atoms with E-state index < -0.39 is 18.0 Å². The number of hydrogen-bond acceptors (Lipinski definition) is 6. The molecule has 136 valence electrons. The minimum absolute atomic E-state index is 0.000216. The summed E-state index contributed by atoms with van der Waals surface area (Å²) in [5.41, 5.74) is -0.644. The Hall–Kier alpha value is -1.66. The lowest BCUT2D eigenvalue weighted by Gasteiger charge is -2.51. The molecule has 0 aliphatic carbocycles. The van der Waals surface area contributed by atoms with Crippen molar-refractivity contribution in [2.24, 2.45) is 0 Å². The van der Waals surface area contributed by atoms with Crippen molar-refractivity contribution in [3.63, 3.8) is 0 Å². The summed E-state index contributed by atoms with van der Waals surface area (Å²) < 4.78 is 9.99. The molecular formula is C18H29NO5. The second-order valence-electron chi connectivity index (χ2n) is 7.10. The lowest BCUT2D eigenvalue weighted by molar-refractivity contribution is -0.300. The van der Waals surface area contributed by atoms with Crippen LogP contribution in [0.4, 0.5) is 0 Å². The Bertz CT molecular complexity index is 444. The van der Waals surface area contributed by atoms with Crippen LogP contribution in [0.1, 0.15) is 47.0 Å². The molecule has 1 rings (SSSR count). The Balaban J connectivity index is 3.00. The van der Waals surface area contributed by atoms with Gasteiger partial charge >= 0.3 is 11.9 Å². The van der Waals surface area contributed by atoms with Crippen LogP contribution in [0.5, 0.6) is 0 Å². The molecular weight excluding hydrogens is 310 g/mol. The number of esters is 2. The van der Waals surface area contributed by atoms with Crippen LogP contribution in [0.15, 0.2) is 25.3 Å². The Morgan fingerprint density at radius 2 is 1.42 bits per heavy atom. The number of hydroxylamine groups is 2. The number of ether oxygens (including phenoxy) is 2. The molecule has 6 nitrogen and oxygen atoms in total. The highest BCUT2D eigenvalue weighted by Gasteiger charge is 2.46. The molecule has 0 aromatic heterocycles. The number of rotatable bonds is 8. The molecule has 0 spiro atoms. The van der Waals surface area contributed by atoms with Gasteiger partial charge in [0.15, 0.2) is 0 Å². The van der Waals surface area contributed by atoms with Gasteiger partial charge in [0, 0.05) is 11.1 Å². The van der Waals surface area contributed by atoms with Crippen molar-refractivity contribution in [1.82, 2.24) is 5.06 Å². The summed E-state index contributed by atoms with van der Waals surface area (Å²) in [6.07, 6.45) is 4.23. The van der Waals surface area contributed by atoms with Gasteiger partial charge in [0.05, 0.1) is 0 Å². The topological polar surface area (TPSA) is 65.1 Å². The van der Waals surface area contributed by atoms with Crippen LogP contribution in [0.25, 0.3) is 0 Å². The zero-order valence-electron chi connectivity index (χ0n) is 15.2. The maximum atomic E-state index is 12.3. The van der Waals surface area contributed by atoms with Crippen molar-refractivity contribution in [3.8, 4) is 0 Å². The van der Waals surface area contributed by atoms with Gasteiger partial charge in [0.25, 0.3) is 6.10 Å². The van der Waals surface area contributed by atoms with E-state index in [2.05, 4.69) is 13.2 Å². The first kappa shape index (κ1) is 20.4. The third-order valence-electron chi connectivity index (χ3n) is 4.00. The second kappa shape index (κ2) is 8.44. The zero-order chi connectivity index (χ0) is 18.4. The smallest absolute Gasteiger partial charge is 0.349 e. The fourth-order valence-electron chi connectivity index (χ4n) is 2.98. The molecule has 0 N–H and O–H groups in total. The van der Waals surface area contributed by atoms with E-state index in [4.69, 9.17) is 14.3 Å². The molecule has 0 aromatic carbocycles. The average molecular weight is 339 g/mol. The van der Waals surface area contributed by atoms with Gasteiger partial charge in [-0.1, -0.05) is 25.3 Å². The van der Waals surface area contributed by atoms with Gasteiger partial charge in [-0.2, -0.15) is 5.06 Å². The monoisotopic (exact) mass is 339 g/mol. The minimum Gasteiger partial charge on any atom is -0.459 e. The summed E-state index contributed by atoms with van der Waals surface area (Å²) >= 11 is 0. The molecule has 1 saturated heterocycles. The lowest BCUT2D eigenvalue weighted by Crippen LogP contribution is -2.60. The van der Waals surface area contributed by atoms with Gasteiger partial charge < -0.3 is 9.47 Å².